The number of aromatic nitrogens is 3. The van der Waals surface area contributed by atoms with Crippen LogP contribution >= 0.6 is 0 Å². The third-order valence-corrected chi connectivity index (χ3v) is 4.08. The van der Waals surface area contributed by atoms with Gasteiger partial charge >= 0.3 is 0 Å². The summed E-state index contributed by atoms with van der Waals surface area (Å²) in [5, 5.41) is 6.94. The lowest BCUT2D eigenvalue weighted by molar-refractivity contribution is 0.0789. The van der Waals surface area contributed by atoms with Crippen LogP contribution < -0.4 is 0 Å². The molecule has 1 aromatic carbocycles. The van der Waals surface area contributed by atoms with E-state index in [1.54, 1.807) is 23.5 Å². The number of likely N-dealkylation sites (N-methyl/N-ethyl adjacent to an activating group) is 1. The van der Waals surface area contributed by atoms with Gasteiger partial charge in [0.25, 0.3) is 5.91 Å². The molecule has 1 N–H and O–H groups in total. The molecule has 0 radical (unpaired) electrons. The average molecular weight is 320 g/mol. The first-order valence-electron chi connectivity index (χ1n) is 7.91. The number of benzene rings is 1. The van der Waals surface area contributed by atoms with Gasteiger partial charge in [-0.25, -0.2) is 0 Å². The first-order chi connectivity index (χ1) is 11.7. The molecule has 0 spiro atoms. The molecule has 1 atom stereocenters. The molecule has 3 rings (SSSR count). The molecule has 0 fully saturated rings. The number of carbonyl (C=O) groups excluding carboxylic acids is 1. The molecule has 0 saturated carbocycles. The minimum atomic E-state index is -0.0506. The summed E-state index contributed by atoms with van der Waals surface area (Å²) in [6.45, 7) is 2.76. The van der Waals surface area contributed by atoms with Gasteiger partial charge in [0.05, 0.1) is 17.5 Å². The van der Waals surface area contributed by atoms with Gasteiger partial charge in [-0.1, -0.05) is 37.3 Å². The van der Waals surface area contributed by atoms with Gasteiger partial charge in [0.15, 0.2) is 0 Å². The number of H-pyrrole nitrogens is 1. The fourth-order valence-electron chi connectivity index (χ4n) is 2.77. The maximum atomic E-state index is 12.8. The average Bonchev–Trinajstić information content (AvgIpc) is 3.12. The monoisotopic (exact) mass is 320 g/mol. The van der Waals surface area contributed by atoms with E-state index in [2.05, 4.69) is 34.2 Å². The topological polar surface area (TPSA) is 61.9 Å². The number of hydrogen-bond acceptors (Lipinski definition) is 3. The van der Waals surface area contributed by atoms with E-state index in [1.165, 1.54) is 5.56 Å². The maximum absolute atomic E-state index is 12.8. The molecule has 5 heteroatoms. The maximum Gasteiger partial charge on any atom is 0.257 e. The molecule has 1 amide bonds. The van der Waals surface area contributed by atoms with E-state index in [0.717, 1.165) is 5.56 Å². The summed E-state index contributed by atoms with van der Waals surface area (Å²) in [6, 6.07) is 13.9. The van der Waals surface area contributed by atoms with Crippen LogP contribution in [0, 0.1) is 0 Å². The molecule has 122 valence electrons. The smallest absolute Gasteiger partial charge is 0.257 e. The van der Waals surface area contributed by atoms with Crippen LogP contribution in [-0.4, -0.2) is 39.6 Å². The van der Waals surface area contributed by atoms with Crippen molar-refractivity contribution >= 4 is 5.91 Å². The lowest BCUT2D eigenvalue weighted by atomic mass is 10.0. The minimum absolute atomic E-state index is 0.0506. The van der Waals surface area contributed by atoms with Crippen molar-refractivity contribution < 1.29 is 4.79 Å². The molecule has 2 aromatic heterocycles. The number of amides is 1. The van der Waals surface area contributed by atoms with Gasteiger partial charge < -0.3 is 4.90 Å². The van der Waals surface area contributed by atoms with Crippen LogP contribution in [0.25, 0.3) is 11.3 Å². The summed E-state index contributed by atoms with van der Waals surface area (Å²) in [7, 11) is 1.82. The summed E-state index contributed by atoms with van der Waals surface area (Å²) in [5.74, 6) is 0.208. The highest BCUT2D eigenvalue weighted by Gasteiger charge is 2.20. The standard InChI is InChI=1S/C19H20N4O/c1-14(15-7-4-3-5-8-15)13-23(2)19(24)17-12-21-22-18(17)16-9-6-10-20-11-16/h3-12,14H,13H2,1-2H3,(H,21,22). The SMILES string of the molecule is CC(CN(C)C(=O)c1cn[nH]c1-c1cccnc1)c1ccccc1. The van der Waals surface area contributed by atoms with Crippen molar-refractivity contribution in [2.45, 2.75) is 12.8 Å². The van der Waals surface area contributed by atoms with Crippen LogP contribution in [0.4, 0.5) is 0 Å². The number of rotatable bonds is 5. The molecule has 2 heterocycles. The number of hydrogen-bond donors (Lipinski definition) is 1. The van der Waals surface area contributed by atoms with Crippen molar-refractivity contribution in [1.29, 1.82) is 0 Å². The molecule has 0 aliphatic carbocycles. The summed E-state index contributed by atoms with van der Waals surface area (Å²) < 4.78 is 0. The second-order valence-corrected chi connectivity index (χ2v) is 5.90. The van der Waals surface area contributed by atoms with E-state index in [0.29, 0.717) is 17.8 Å². The van der Waals surface area contributed by atoms with Crippen LogP contribution in [0.3, 0.4) is 0 Å². The number of carbonyl (C=O) groups is 1. The van der Waals surface area contributed by atoms with E-state index in [1.807, 2.05) is 37.4 Å². The Kier molecular flexibility index (Phi) is 4.70. The lowest BCUT2D eigenvalue weighted by Crippen LogP contribution is -2.30. The molecular formula is C19H20N4O. The van der Waals surface area contributed by atoms with Crippen molar-refractivity contribution in [2.24, 2.45) is 0 Å². The molecule has 1 unspecified atom stereocenters. The highest BCUT2D eigenvalue weighted by Crippen LogP contribution is 2.22. The van der Waals surface area contributed by atoms with Crippen LogP contribution in [0.1, 0.15) is 28.8 Å². The number of aromatic amines is 1. The fraction of sp³-hybridized carbons (Fsp3) is 0.211. The largest absolute Gasteiger partial charge is 0.341 e. The Morgan fingerprint density at radius 3 is 2.67 bits per heavy atom. The van der Waals surface area contributed by atoms with E-state index in [-0.39, 0.29) is 11.8 Å². The Balaban J connectivity index is 1.76. The second-order valence-electron chi connectivity index (χ2n) is 5.90. The quantitative estimate of drug-likeness (QED) is 0.784. The van der Waals surface area contributed by atoms with Crippen molar-refractivity contribution in [3.05, 3.63) is 72.2 Å². The molecule has 24 heavy (non-hydrogen) atoms. The van der Waals surface area contributed by atoms with Crippen molar-refractivity contribution in [1.82, 2.24) is 20.1 Å². The molecular weight excluding hydrogens is 300 g/mol. The minimum Gasteiger partial charge on any atom is -0.341 e. The second kappa shape index (κ2) is 7.08. The van der Waals surface area contributed by atoms with Gasteiger partial charge in [0, 0.05) is 31.5 Å². The van der Waals surface area contributed by atoms with Crippen LogP contribution in [0.15, 0.2) is 61.1 Å². The molecule has 0 aliphatic rings. The Labute approximate surface area is 141 Å². The Morgan fingerprint density at radius 2 is 1.96 bits per heavy atom. The van der Waals surface area contributed by atoms with Gasteiger partial charge in [-0.05, 0) is 23.6 Å². The highest BCUT2D eigenvalue weighted by atomic mass is 16.2. The van der Waals surface area contributed by atoms with Crippen molar-refractivity contribution in [2.75, 3.05) is 13.6 Å². The third-order valence-electron chi connectivity index (χ3n) is 4.08. The van der Waals surface area contributed by atoms with Crippen molar-refractivity contribution in [3.63, 3.8) is 0 Å². The van der Waals surface area contributed by atoms with Gasteiger partial charge in [-0.15, -0.1) is 0 Å². The number of nitrogens with zero attached hydrogens (tertiary/aromatic N) is 3. The predicted octanol–water partition coefficient (Wildman–Crippen LogP) is 3.35. The summed E-state index contributed by atoms with van der Waals surface area (Å²) >= 11 is 0. The zero-order valence-electron chi connectivity index (χ0n) is 13.8. The summed E-state index contributed by atoms with van der Waals surface area (Å²) in [6.07, 6.45) is 5.00. The van der Waals surface area contributed by atoms with E-state index in [4.69, 9.17) is 0 Å². The van der Waals surface area contributed by atoms with Gasteiger partial charge in [0.1, 0.15) is 0 Å². The first-order valence-corrected chi connectivity index (χ1v) is 7.91. The highest BCUT2D eigenvalue weighted by molar-refractivity contribution is 5.99. The van der Waals surface area contributed by atoms with Crippen molar-refractivity contribution in [3.8, 4) is 11.3 Å². The molecule has 5 nitrogen and oxygen atoms in total. The van der Waals surface area contributed by atoms with Crippen LogP contribution in [0.5, 0.6) is 0 Å². The zero-order chi connectivity index (χ0) is 16.9. The Morgan fingerprint density at radius 1 is 1.17 bits per heavy atom. The van der Waals surface area contributed by atoms with E-state index >= 15 is 0 Å². The Hall–Kier alpha value is -2.95. The van der Waals surface area contributed by atoms with Gasteiger partial charge in [-0.2, -0.15) is 5.10 Å². The zero-order valence-corrected chi connectivity index (χ0v) is 13.8. The summed E-state index contributed by atoms with van der Waals surface area (Å²) in [4.78, 5) is 18.7. The Bertz CT molecular complexity index is 799. The third kappa shape index (κ3) is 3.35. The lowest BCUT2D eigenvalue weighted by Gasteiger charge is -2.22. The molecule has 0 bridgehead atoms. The van der Waals surface area contributed by atoms with Gasteiger partial charge in [0.2, 0.25) is 0 Å². The molecule has 0 saturated heterocycles. The number of nitrogens with one attached hydrogen (secondary N) is 1. The summed E-state index contributed by atoms with van der Waals surface area (Å²) in [5.41, 5.74) is 3.33. The normalized spacial score (nSPS) is 11.9. The van der Waals surface area contributed by atoms with Crippen LogP contribution in [-0.2, 0) is 0 Å². The van der Waals surface area contributed by atoms with E-state index in [9.17, 15) is 4.79 Å². The van der Waals surface area contributed by atoms with Crippen LogP contribution in [0.2, 0.25) is 0 Å². The molecule has 0 aliphatic heterocycles. The molecule has 3 aromatic rings. The predicted molar refractivity (Wildman–Crippen MR) is 93.6 cm³/mol. The number of pyridine rings is 1. The van der Waals surface area contributed by atoms with Gasteiger partial charge in [-0.3, -0.25) is 14.9 Å². The first kappa shape index (κ1) is 15.9. The van der Waals surface area contributed by atoms with E-state index < -0.39 is 0 Å². The fourth-order valence-corrected chi connectivity index (χ4v) is 2.77.